The summed E-state index contributed by atoms with van der Waals surface area (Å²) >= 11 is 0. The first-order valence-corrected chi connectivity index (χ1v) is 5.74. The van der Waals surface area contributed by atoms with Crippen LogP contribution in [-0.4, -0.2) is 61.7 Å². The van der Waals surface area contributed by atoms with Crippen molar-refractivity contribution in [2.24, 2.45) is 0 Å². The molecule has 0 radical (unpaired) electrons. The molecule has 0 amide bonds. The Bertz CT molecular complexity index is 295. The molecule has 1 heterocycles. The van der Waals surface area contributed by atoms with E-state index in [2.05, 4.69) is 10.00 Å². The standard InChI is InChI=1S/C11H22N4O2/c1-16-7-5-14(6-8-17-2)3-4-15-10-11(12)9-13-15/h9-10H,3-8,12H2,1-2H3. The Hall–Kier alpha value is -1.11. The SMILES string of the molecule is COCCN(CCOC)CCn1cc(N)cn1. The van der Waals surface area contributed by atoms with E-state index in [1.165, 1.54) is 0 Å². The monoisotopic (exact) mass is 242 g/mol. The van der Waals surface area contributed by atoms with Crippen molar-refractivity contribution in [1.82, 2.24) is 14.7 Å². The van der Waals surface area contributed by atoms with Crippen LogP contribution in [0.4, 0.5) is 5.69 Å². The highest BCUT2D eigenvalue weighted by Gasteiger charge is 2.05. The summed E-state index contributed by atoms with van der Waals surface area (Å²) in [5.41, 5.74) is 6.31. The fourth-order valence-electron chi connectivity index (χ4n) is 1.52. The van der Waals surface area contributed by atoms with E-state index in [0.717, 1.165) is 39.4 Å². The zero-order valence-electron chi connectivity index (χ0n) is 10.6. The third-order valence-corrected chi connectivity index (χ3v) is 2.52. The third-order valence-electron chi connectivity index (χ3n) is 2.52. The molecule has 1 aromatic heterocycles. The predicted molar refractivity (Wildman–Crippen MR) is 66.8 cm³/mol. The summed E-state index contributed by atoms with van der Waals surface area (Å²) in [6.07, 6.45) is 3.50. The van der Waals surface area contributed by atoms with Crippen molar-refractivity contribution in [3.05, 3.63) is 12.4 Å². The van der Waals surface area contributed by atoms with Crippen LogP contribution >= 0.6 is 0 Å². The second-order valence-corrected chi connectivity index (χ2v) is 3.86. The summed E-state index contributed by atoms with van der Waals surface area (Å²) in [5, 5.41) is 4.15. The number of rotatable bonds is 9. The highest BCUT2D eigenvalue weighted by Crippen LogP contribution is 1.98. The van der Waals surface area contributed by atoms with E-state index < -0.39 is 0 Å². The maximum Gasteiger partial charge on any atom is 0.0719 e. The number of anilines is 1. The molecule has 0 atom stereocenters. The summed E-state index contributed by atoms with van der Waals surface area (Å²) in [6, 6.07) is 0. The minimum atomic E-state index is 0.699. The van der Waals surface area contributed by atoms with Crippen LogP contribution in [0.3, 0.4) is 0 Å². The molecule has 0 aliphatic heterocycles. The molecule has 98 valence electrons. The molecular weight excluding hydrogens is 220 g/mol. The zero-order valence-corrected chi connectivity index (χ0v) is 10.6. The third kappa shape index (κ3) is 5.67. The molecule has 0 saturated heterocycles. The van der Waals surface area contributed by atoms with Crippen LogP contribution in [0.2, 0.25) is 0 Å². The van der Waals surface area contributed by atoms with Crippen molar-refractivity contribution in [3.63, 3.8) is 0 Å². The van der Waals surface area contributed by atoms with Gasteiger partial charge >= 0.3 is 0 Å². The zero-order chi connectivity index (χ0) is 12.5. The van der Waals surface area contributed by atoms with Gasteiger partial charge in [-0.25, -0.2) is 0 Å². The summed E-state index contributed by atoms with van der Waals surface area (Å²) in [5.74, 6) is 0. The van der Waals surface area contributed by atoms with Gasteiger partial charge in [0.1, 0.15) is 0 Å². The fourth-order valence-corrected chi connectivity index (χ4v) is 1.52. The lowest BCUT2D eigenvalue weighted by Crippen LogP contribution is -2.33. The Kier molecular flexibility index (Phi) is 6.61. The van der Waals surface area contributed by atoms with Gasteiger partial charge in [-0.2, -0.15) is 5.10 Å². The van der Waals surface area contributed by atoms with Gasteiger partial charge in [-0.05, 0) is 0 Å². The number of nitrogens with zero attached hydrogens (tertiary/aromatic N) is 3. The van der Waals surface area contributed by atoms with E-state index in [1.807, 2.05) is 10.9 Å². The highest BCUT2D eigenvalue weighted by molar-refractivity contribution is 5.30. The molecule has 0 aliphatic rings. The first-order chi connectivity index (χ1) is 8.26. The van der Waals surface area contributed by atoms with Gasteiger partial charge in [0.25, 0.3) is 0 Å². The lowest BCUT2D eigenvalue weighted by molar-refractivity contribution is 0.111. The van der Waals surface area contributed by atoms with Gasteiger partial charge < -0.3 is 15.2 Å². The molecule has 2 N–H and O–H groups in total. The van der Waals surface area contributed by atoms with Crippen molar-refractivity contribution in [3.8, 4) is 0 Å². The summed E-state index contributed by atoms with van der Waals surface area (Å²) in [4.78, 5) is 2.28. The molecule has 0 fully saturated rings. The quantitative estimate of drug-likeness (QED) is 0.663. The van der Waals surface area contributed by atoms with Gasteiger partial charge in [0, 0.05) is 40.1 Å². The van der Waals surface area contributed by atoms with Gasteiger partial charge in [-0.15, -0.1) is 0 Å². The van der Waals surface area contributed by atoms with E-state index in [9.17, 15) is 0 Å². The molecule has 0 aromatic carbocycles. The van der Waals surface area contributed by atoms with Crippen LogP contribution in [0, 0.1) is 0 Å². The molecule has 0 spiro atoms. The van der Waals surface area contributed by atoms with Crippen molar-refractivity contribution in [2.45, 2.75) is 6.54 Å². The van der Waals surface area contributed by atoms with Gasteiger partial charge in [0.15, 0.2) is 0 Å². The van der Waals surface area contributed by atoms with Crippen LogP contribution < -0.4 is 5.73 Å². The predicted octanol–water partition coefficient (Wildman–Crippen LogP) is 0.0601. The molecule has 17 heavy (non-hydrogen) atoms. The minimum absolute atomic E-state index is 0.699. The van der Waals surface area contributed by atoms with Crippen molar-refractivity contribution in [2.75, 3.05) is 52.8 Å². The Morgan fingerprint density at radius 3 is 2.35 bits per heavy atom. The van der Waals surface area contributed by atoms with E-state index in [4.69, 9.17) is 15.2 Å². The van der Waals surface area contributed by atoms with E-state index in [1.54, 1.807) is 20.4 Å². The van der Waals surface area contributed by atoms with Gasteiger partial charge in [-0.3, -0.25) is 9.58 Å². The Labute approximate surface area is 102 Å². The Morgan fingerprint density at radius 2 is 1.88 bits per heavy atom. The number of aromatic nitrogens is 2. The molecule has 0 unspecified atom stereocenters. The second-order valence-electron chi connectivity index (χ2n) is 3.86. The highest BCUT2D eigenvalue weighted by atomic mass is 16.5. The van der Waals surface area contributed by atoms with Crippen LogP contribution in [0.1, 0.15) is 0 Å². The average molecular weight is 242 g/mol. The maximum atomic E-state index is 5.61. The van der Waals surface area contributed by atoms with Crippen LogP contribution in [-0.2, 0) is 16.0 Å². The number of hydrogen-bond acceptors (Lipinski definition) is 5. The number of ether oxygens (including phenoxy) is 2. The number of nitrogen functional groups attached to an aromatic ring is 1. The van der Waals surface area contributed by atoms with Crippen LogP contribution in [0.15, 0.2) is 12.4 Å². The first kappa shape index (κ1) is 14.0. The van der Waals surface area contributed by atoms with Crippen LogP contribution in [0.5, 0.6) is 0 Å². The minimum Gasteiger partial charge on any atom is -0.396 e. The average Bonchev–Trinajstić information content (AvgIpc) is 2.74. The van der Waals surface area contributed by atoms with Gasteiger partial charge in [-0.1, -0.05) is 0 Å². The molecule has 1 rings (SSSR count). The first-order valence-electron chi connectivity index (χ1n) is 5.74. The molecule has 6 nitrogen and oxygen atoms in total. The Balaban J connectivity index is 2.31. The van der Waals surface area contributed by atoms with E-state index in [0.29, 0.717) is 5.69 Å². The summed E-state index contributed by atoms with van der Waals surface area (Å²) in [6.45, 7) is 4.99. The lowest BCUT2D eigenvalue weighted by Gasteiger charge is -2.21. The molecule has 0 bridgehead atoms. The molecule has 6 heteroatoms. The summed E-state index contributed by atoms with van der Waals surface area (Å²) < 4.78 is 12.0. The molecular formula is C11H22N4O2. The number of nitrogens with two attached hydrogens (primary N) is 1. The largest absolute Gasteiger partial charge is 0.396 e. The number of methoxy groups -OCH3 is 2. The van der Waals surface area contributed by atoms with Crippen molar-refractivity contribution < 1.29 is 9.47 Å². The lowest BCUT2D eigenvalue weighted by atomic mass is 10.4. The van der Waals surface area contributed by atoms with Crippen molar-refractivity contribution in [1.29, 1.82) is 0 Å². The Morgan fingerprint density at radius 1 is 1.24 bits per heavy atom. The van der Waals surface area contributed by atoms with Gasteiger partial charge in [0.2, 0.25) is 0 Å². The molecule has 0 aliphatic carbocycles. The topological polar surface area (TPSA) is 65.5 Å². The smallest absolute Gasteiger partial charge is 0.0719 e. The summed E-state index contributed by atoms with van der Waals surface area (Å²) in [7, 11) is 3.42. The molecule has 0 saturated carbocycles. The maximum absolute atomic E-state index is 5.61. The normalized spacial score (nSPS) is 11.2. The van der Waals surface area contributed by atoms with Crippen molar-refractivity contribution >= 4 is 5.69 Å². The van der Waals surface area contributed by atoms with E-state index >= 15 is 0 Å². The molecule has 1 aromatic rings. The van der Waals surface area contributed by atoms with Crippen LogP contribution in [0.25, 0.3) is 0 Å². The second kappa shape index (κ2) is 8.05. The number of hydrogen-bond donors (Lipinski definition) is 1. The van der Waals surface area contributed by atoms with E-state index in [-0.39, 0.29) is 0 Å². The fraction of sp³-hybridized carbons (Fsp3) is 0.727. The van der Waals surface area contributed by atoms with Gasteiger partial charge in [0.05, 0.1) is 31.6 Å².